The Morgan fingerprint density at radius 3 is 2.70 bits per heavy atom. The van der Waals surface area contributed by atoms with E-state index in [1.807, 2.05) is 44.3 Å². The number of hydrogen-bond acceptors (Lipinski definition) is 7. The molecule has 0 unspecified atom stereocenters. The quantitative estimate of drug-likeness (QED) is 0.355. The van der Waals surface area contributed by atoms with E-state index in [0.29, 0.717) is 54.3 Å². The molecule has 172 valence electrons. The van der Waals surface area contributed by atoms with Gasteiger partial charge in [-0.1, -0.05) is 12.1 Å². The van der Waals surface area contributed by atoms with E-state index in [2.05, 4.69) is 10.1 Å². The van der Waals surface area contributed by atoms with Crippen molar-refractivity contribution < 1.29 is 28.2 Å². The second-order valence-electron chi connectivity index (χ2n) is 7.42. The highest BCUT2D eigenvalue weighted by Crippen LogP contribution is 2.24. The van der Waals surface area contributed by atoms with E-state index in [0.717, 1.165) is 11.1 Å². The Hall–Kier alpha value is -4.01. The van der Waals surface area contributed by atoms with E-state index in [4.69, 9.17) is 23.4 Å². The van der Waals surface area contributed by atoms with Crippen LogP contribution < -0.4 is 9.47 Å². The molecule has 0 radical (unpaired) electrons. The van der Waals surface area contributed by atoms with Gasteiger partial charge in [0.05, 0.1) is 19.4 Å². The fourth-order valence-electron chi connectivity index (χ4n) is 3.29. The number of rotatable bonds is 11. The average Bonchev–Trinajstić information content (AvgIpc) is 3.53. The van der Waals surface area contributed by atoms with Crippen LogP contribution in [-0.4, -0.2) is 32.4 Å². The molecule has 33 heavy (non-hydrogen) atoms. The SMILES string of the molecule is CCOc1nn(Cc2ccc(OCc3nc(-c4ccco4)oc3C)cc2)cc1CCC(=O)O. The molecule has 0 spiro atoms. The summed E-state index contributed by atoms with van der Waals surface area (Å²) in [5.74, 6) is 2.03. The van der Waals surface area contributed by atoms with Gasteiger partial charge in [-0.25, -0.2) is 4.98 Å². The van der Waals surface area contributed by atoms with Crippen LogP contribution in [-0.2, 0) is 24.4 Å². The molecule has 3 heterocycles. The molecule has 0 aliphatic rings. The average molecular weight is 451 g/mol. The molecule has 0 saturated carbocycles. The Balaban J connectivity index is 1.37. The van der Waals surface area contributed by atoms with Gasteiger partial charge in [-0.15, -0.1) is 5.10 Å². The number of aliphatic carboxylic acids is 1. The number of hydrogen-bond donors (Lipinski definition) is 1. The zero-order valence-electron chi connectivity index (χ0n) is 18.5. The first kappa shape index (κ1) is 22.2. The molecule has 0 fully saturated rings. The van der Waals surface area contributed by atoms with Crippen LogP contribution in [0.25, 0.3) is 11.7 Å². The molecule has 0 saturated heterocycles. The molecule has 4 aromatic rings. The van der Waals surface area contributed by atoms with Gasteiger partial charge in [0.1, 0.15) is 23.8 Å². The Kier molecular flexibility index (Phi) is 6.77. The number of aromatic nitrogens is 3. The summed E-state index contributed by atoms with van der Waals surface area (Å²) in [6.45, 7) is 4.99. The Morgan fingerprint density at radius 2 is 2.00 bits per heavy atom. The first-order chi connectivity index (χ1) is 16.0. The molecular weight excluding hydrogens is 426 g/mol. The summed E-state index contributed by atoms with van der Waals surface area (Å²) in [6, 6.07) is 11.3. The molecule has 0 aliphatic heterocycles. The molecule has 9 nitrogen and oxygen atoms in total. The lowest BCUT2D eigenvalue weighted by atomic mass is 10.2. The molecule has 0 aliphatic carbocycles. The minimum atomic E-state index is -0.848. The van der Waals surface area contributed by atoms with Gasteiger partial charge in [0.25, 0.3) is 5.89 Å². The highest BCUT2D eigenvalue weighted by molar-refractivity contribution is 5.67. The number of furan rings is 1. The van der Waals surface area contributed by atoms with Crippen LogP contribution in [0.15, 0.2) is 57.7 Å². The third-order valence-electron chi connectivity index (χ3n) is 4.96. The van der Waals surface area contributed by atoms with Crippen molar-refractivity contribution in [2.75, 3.05) is 6.61 Å². The van der Waals surface area contributed by atoms with Crippen LogP contribution in [0.4, 0.5) is 0 Å². The van der Waals surface area contributed by atoms with Crippen LogP contribution in [0.3, 0.4) is 0 Å². The number of benzene rings is 1. The first-order valence-corrected chi connectivity index (χ1v) is 10.6. The molecule has 1 N–H and O–H groups in total. The lowest BCUT2D eigenvalue weighted by molar-refractivity contribution is -0.136. The first-order valence-electron chi connectivity index (χ1n) is 10.6. The monoisotopic (exact) mass is 451 g/mol. The summed E-state index contributed by atoms with van der Waals surface area (Å²) in [7, 11) is 0. The molecule has 4 rings (SSSR count). The van der Waals surface area contributed by atoms with Crippen molar-refractivity contribution in [3.63, 3.8) is 0 Å². The summed E-state index contributed by atoms with van der Waals surface area (Å²) in [4.78, 5) is 15.3. The van der Waals surface area contributed by atoms with Gasteiger partial charge >= 0.3 is 5.97 Å². The van der Waals surface area contributed by atoms with Gasteiger partial charge < -0.3 is 23.4 Å². The van der Waals surface area contributed by atoms with E-state index < -0.39 is 5.97 Å². The van der Waals surface area contributed by atoms with Crippen molar-refractivity contribution >= 4 is 5.97 Å². The largest absolute Gasteiger partial charge is 0.487 e. The van der Waals surface area contributed by atoms with Gasteiger partial charge in [-0.05, 0) is 50.1 Å². The maximum absolute atomic E-state index is 10.9. The smallest absolute Gasteiger partial charge is 0.303 e. The Bertz CT molecular complexity index is 1190. The summed E-state index contributed by atoms with van der Waals surface area (Å²) in [5.41, 5.74) is 2.52. The summed E-state index contributed by atoms with van der Waals surface area (Å²) in [6.07, 6.45) is 3.82. The number of nitrogens with zero attached hydrogens (tertiary/aromatic N) is 3. The minimum Gasteiger partial charge on any atom is -0.487 e. The maximum Gasteiger partial charge on any atom is 0.303 e. The van der Waals surface area contributed by atoms with Crippen molar-refractivity contribution in [1.82, 2.24) is 14.8 Å². The fourth-order valence-corrected chi connectivity index (χ4v) is 3.29. The third-order valence-corrected chi connectivity index (χ3v) is 4.96. The molecule has 0 bridgehead atoms. The highest BCUT2D eigenvalue weighted by atomic mass is 16.5. The van der Waals surface area contributed by atoms with Crippen LogP contribution in [0.1, 0.15) is 35.9 Å². The highest BCUT2D eigenvalue weighted by Gasteiger charge is 2.14. The van der Waals surface area contributed by atoms with Crippen LogP contribution in [0.5, 0.6) is 11.6 Å². The number of carboxylic acid groups (broad SMARTS) is 1. The Labute approximate surface area is 190 Å². The van der Waals surface area contributed by atoms with Crippen LogP contribution in [0, 0.1) is 6.92 Å². The number of carbonyl (C=O) groups is 1. The molecule has 0 atom stereocenters. The predicted octanol–water partition coefficient (Wildman–Crippen LogP) is 4.48. The van der Waals surface area contributed by atoms with E-state index >= 15 is 0 Å². The van der Waals surface area contributed by atoms with Gasteiger partial charge in [0, 0.05) is 18.2 Å². The molecule has 1 aromatic carbocycles. The lowest BCUT2D eigenvalue weighted by Gasteiger charge is -2.06. The summed E-state index contributed by atoms with van der Waals surface area (Å²) >= 11 is 0. The second-order valence-corrected chi connectivity index (χ2v) is 7.42. The van der Waals surface area contributed by atoms with Crippen molar-refractivity contribution in [2.24, 2.45) is 0 Å². The van der Waals surface area contributed by atoms with E-state index in [1.54, 1.807) is 23.1 Å². The number of aryl methyl sites for hydroxylation is 2. The van der Waals surface area contributed by atoms with Crippen molar-refractivity contribution in [3.8, 4) is 23.3 Å². The van der Waals surface area contributed by atoms with Gasteiger partial charge in [0.2, 0.25) is 5.88 Å². The standard InChI is InChI=1S/C24H25N3O6/c1-3-30-23-18(8-11-22(28)29)14-27(26-23)13-17-6-9-19(10-7-17)32-15-20-16(2)33-24(25-20)21-5-4-12-31-21/h4-7,9-10,12,14H,3,8,11,13,15H2,1-2H3,(H,28,29). The number of ether oxygens (including phenoxy) is 2. The lowest BCUT2D eigenvalue weighted by Crippen LogP contribution is -2.02. The normalized spacial score (nSPS) is 11.0. The zero-order chi connectivity index (χ0) is 23.2. The topological polar surface area (TPSA) is 113 Å². The van der Waals surface area contributed by atoms with Crippen LogP contribution >= 0.6 is 0 Å². The molecule has 0 amide bonds. The third kappa shape index (κ3) is 5.62. The summed E-state index contributed by atoms with van der Waals surface area (Å²) in [5, 5.41) is 13.4. The second kappa shape index (κ2) is 10.1. The number of carboxylic acids is 1. The summed E-state index contributed by atoms with van der Waals surface area (Å²) < 4.78 is 24.2. The van der Waals surface area contributed by atoms with Crippen LogP contribution in [0.2, 0.25) is 0 Å². The Morgan fingerprint density at radius 1 is 1.18 bits per heavy atom. The maximum atomic E-state index is 10.9. The molecule has 3 aromatic heterocycles. The van der Waals surface area contributed by atoms with E-state index in [9.17, 15) is 4.79 Å². The van der Waals surface area contributed by atoms with E-state index in [-0.39, 0.29) is 13.0 Å². The number of oxazole rings is 1. The zero-order valence-corrected chi connectivity index (χ0v) is 18.5. The minimum absolute atomic E-state index is 0.0335. The fraction of sp³-hybridized carbons (Fsp3) is 0.292. The van der Waals surface area contributed by atoms with Crippen molar-refractivity contribution in [1.29, 1.82) is 0 Å². The van der Waals surface area contributed by atoms with E-state index in [1.165, 1.54) is 0 Å². The molecular formula is C24H25N3O6. The van der Waals surface area contributed by atoms with Crippen molar-refractivity contribution in [2.45, 2.75) is 39.8 Å². The van der Waals surface area contributed by atoms with Crippen molar-refractivity contribution in [3.05, 3.63) is 71.4 Å². The van der Waals surface area contributed by atoms with Gasteiger partial charge in [-0.3, -0.25) is 9.48 Å². The molecule has 9 heteroatoms. The van der Waals surface area contributed by atoms with Gasteiger partial charge in [-0.2, -0.15) is 0 Å². The predicted molar refractivity (Wildman–Crippen MR) is 118 cm³/mol. The van der Waals surface area contributed by atoms with Gasteiger partial charge in [0.15, 0.2) is 5.76 Å².